The second kappa shape index (κ2) is 13.2. The third-order valence-corrected chi connectivity index (χ3v) is 6.26. The van der Waals surface area contributed by atoms with E-state index in [1.165, 1.54) is 19.2 Å². The zero-order valence-electron chi connectivity index (χ0n) is 20.5. The highest BCUT2D eigenvalue weighted by molar-refractivity contribution is 6.42. The summed E-state index contributed by atoms with van der Waals surface area (Å²) in [6, 6.07) is 9.80. The van der Waals surface area contributed by atoms with Crippen molar-refractivity contribution in [3.63, 3.8) is 0 Å². The van der Waals surface area contributed by atoms with Gasteiger partial charge in [0, 0.05) is 11.4 Å². The largest absolute Gasteiger partial charge is 0.504 e. The normalized spacial score (nSPS) is 15.0. The number of ether oxygens (including phenoxy) is 2. The van der Waals surface area contributed by atoms with E-state index in [1.54, 1.807) is 45.0 Å². The molecule has 3 rings (SSSR count). The van der Waals surface area contributed by atoms with Crippen molar-refractivity contribution in [1.82, 2.24) is 5.32 Å². The van der Waals surface area contributed by atoms with Gasteiger partial charge in [-0.15, -0.1) is 0 Å². The molecule has 0 bridgehead atoms. The third kappa shape index (κ3) is 6.72. The first-order valence-corrected chi connectivity index (χ1v) is 11.9. The van der Waals surface area contributed by atoms with Crippen LogP contribution in [0.3, 0.4) is 0 Å². The van der Waals surface area contributed by atoms with Crippen LogP contribution in [0, 0.1) is 0 Å². The summed E-state index contributed by atoms with van der Waals surface area (Å²) in [5, 5.41) is 21.6. The van der Waals surface area contributed by atoms with Gasteiger partial charge in [-0.05, 0) is 63.1 Å². The third-order valence-electron chi connectivity index (χ3n) is 5.43. The molecule has 0 amide bonds. The lowest BCUT2D eigenvalue weighted by Crippen LogP contribution is -2.32. The molecule has 2 aromatic rings. The summed E-state index contributed by atoms with van der Waals surface area (Å²) in [6.07, 6.45) is 0.716. The van der Waals surface area contributed by atoms with Crippen molar-refractivity contribution >= 4 is 35.1 Å². The molecule has 194 valence electrons. The van der Waals surface area contributed by atoms with Crippen LogP contribution in [0.25, 0.3) is 0 Å². The molecule has 36 heavy (non-hydrogen) atoms. The van der Waals surface area contributed by atoms with E-state index in [0.717, 1.165) is 5.56 Å². The Morgan fingerprint density at radius 2 is 1.67 bits per heavy atom. The number of benzene rings is 2. The van der Waals surface area contributed by atoms with Gasteiger partial charge < -0.3 is 30.7 Å². The van der Waals surface area contributed by atoms with Crippen LogP contribution in [0.5, 0.6) is 11.5 Å². The molecule has 0 aliphatic carbocycles. The number of carbonyl (C=O) groups is 2. The van der Waals surface area contributed by atoms with Crippen LogP contribution in [0.4, 0.5) is 0 Å². The highest BCUT2D eigenvalue weighted by Crippen LogP contribution is 2.43. The molecule has 1 heterocycles. The number of aromatic hydroxyl groups is 2. The number of allylic oxidation sites excluding steroid dienone is 2. The number of esters is 2. The van der Waals surface area contributed by atoms with Gasteiger partial charge in [-0.3, -0.25) is 0 Å². The maximum atomic E-state index is 12.6. The van der Waals surface area contributed by atoms with Crippen LogP contribution < -0.4 is 11.1 Å². The van der Waals surface area contributed by atoms with Crippen molar-refractivity contribution in [3.8, 4) is 11.5 Å². The highest BCUT2D eigenvalue weighted by atomic mass is 35.5. The molecule has 2 aromatic carbocycles. The van der Waals surface area contributed by atoms with Crippen LogP contribution in [-0.2, 0) is 25.5 Å². The average Bonchev–Trinajstić information content (AvgIpc) is 2.83. The molecule has 10 heteroatoms. The molecule has 0 radical (unpaired) electrons. The van der Waals surface area contributed by atoms with Gasteiger partial charge in [0.2, 0.25) is 0 Å². The molecule has 1 atom stereocenters. The van der Waals surface area contributed by atoms with Crippen molar-refractivity contribution in [2.24, 2.45) is 5.73 Å². The van der Waals surface area contributed by atoms with Gasteiger partial charge in [0.1, 0.15) is 0 Å². The zero-order chi connectivity index (χ0) is 27.0. The fourth-order valence-corrected chi connectivity index (χ4v) is 4.22. The fraction of sp³-hybridized carbons (Fsp3) is 0.308. The molecule has 0 fully saturated rings. The number of carbonyl (C=O) groups excluding carboxylic acids is 2. The molecule has 0 aromatic heterocycles. The monoisotopic (exact) mass is 536 g/mol. The van der Waals surface area contributed by atoms with Crippen LogP contribution >= 0.6 is 23.2 Å². The summed E-state index contributed by atoms with van der Waals surface area (Å²) in [5.41, 5.74) is 8.54. The Morgan fingerprint density at radius 1 is 1.03 bits per heavy atom. The molecule has 1 aliphatic rings. The van der Waals surface area contributed by atoms with Crippen LogP contribution in [-0.4, -0.2) is 42.4 Å². The van der Waals surface area contributed by atoms with Crippen molar-refractivity contribution in [1.29, 1.82) is 0 Å². The molecule has 0 saturated heterocycles. The summed E-state index contributed by atoms with van der Waals surface area (Å²) < 4.78 is 10.1. The van der Waals surface area contributed by atoms with Gasteiger partial charge in [0.25, 0.3) is 0 Å². The number of methoxy groups -OCH3 is 1. The minimum absolute atomic E-state index is 0.0871. The van der Waals surface area contributed by atoms with Crippen molar-refractivity contribution in [2.45, 2.75) is 33.1 Å². The molecular weight excluding hydrogens is 507 g/mol. The minimum atomic E-state index is -0.737. The SMILES string of the molecule is CCOC(=O)C1=C(C)NC(C)=C(C(=O)OC)C1c1cccc(Cl)c1Cl.NCCc1ccc(O)c(O)c1. The van der Waals surface area contributed by atoms with E-state index in [2.05, 4.69) is 5.32 Å². The Balaban J connectivity index is 0.000000346. The lowest BCUT2D eigenvalue weighted by molar-refractivity contribution is -0.139. The minimum Gasteiger partial charge on any atom is -0.504 e. The Hall–Kier alpha value is -3.20. The number of hydrogen-bond acceptors (Lipinski definition) is 8. The predicted molar refractivity (Wildman–Crippen MR) is 139 cm³/mol. The first-order chi connectivity index (χ1) is 17.1. The molecule has 0 saturated carbocycles. The lowest BCUT2D eigenvalue weighted by Gasteiger charge is -2.30. The maximum Gasteiger partial charge on any atom is 0.336 e. The number of halogens is 2. The number of rotatable bonds is 6. The van der Waals surface area contributed by atoms with Crippen LogP contribution in [0.2, 0.25) is 10.0 Å². The van der Waals surface area contributed by atoms with E-state index >= 15 is 0 Å². The number of nitrogens with one attached hydrogen (secondary N) is 1. The Labute approximate surface area is 220 Å². The average molecular weight is 537 g/mol. The van der Waals surface area contributed by atoms with Crippen molar-refractivity contribution in [2.75, 3.05) is 20.3 Å². The lowest BCUT2D eigenvalue weighted by atomic mass is 9.80. The van der Waals surface area contributed by atoms with Gasteiger partial charge in [-0.1, -0.05) is 41.4 Å². The molecule has 8 nitrogen and oxygen atoms in total. The van der Waals surface area contributed by atoms with E-state index in [0.29, 0.717) is 46.1 Å². The van der Waals surface area contributed by atoms with Crippen LogP contribution in [0.15, 0.2) is 58.9 Å². The Kier molecular flexibility index (Phi) is 10.6. The van der Waals surface area contributed by atoms with E-state index < -0.39 is 17.9 Å². The molecular formula is C26H30Cl2N2O6. The number of phenolic OH excluding ortho intramolecular Hbond substituents is 2. The number of phenols is 2. The topological polar surface area (TPSA) is 131 Å². The maximum absolute atomic E-state index is 12.6. The van der Waals surface area contributed by atoms with Gasteiger partial charge >= 0.3 is 11.9 Å². The van der Waals surface area contributed by atoms with Gasteiger partial charge in [0.15, 0.2) is 11.5 Å². The Bertz CT molecular complexity index is 1190. The van der Waals surface area contributed by atoms with Gasteiger partial charge in [-0.2, -0.15) is 0 Å². The first kappa shape index (κ1) is 29.0. The summed E-state index contributed by atoms with van der Waals surface area (Å²) >= 11 is 12.5. The predicted octanol–water partition coefficient (Wildman–Crippen LogP) is 4.56. The zero-order valence-corrected chi connectivity index (χ0v) is 22.0. The van der Waals surface area contributed by atoms with Gasteiger partial charge in [0.05, 0.1) is 40.8 Å². The summed E-state index contributed by atoms with van der Waals surface area (Å²) in [7, 11) is 1.29. The van der Waals surface area contributed by atoms with Crippen LogP contribution in [0.1, 0.15) is 37.8 Å². The second-order valence-electron chi connectivity index (χ2n) is 7.85. The molecule has 5 N–H and O–H groups in total. The smallest absolute Gasteiger partial charge is 0.336 e. The highest BCUT2D eigenvalue weighted by Gasteiger charge is 2.38. The summed E-state index contributed by atoms with van der Waals surface area (Å²) in [6.45, 7) is 5.96. The van der Waals surface area contributed by atoms with E-state index in [1.807, 2.05) is 0 Å². The molecule has 1 unspecified atom stereocenters. The van der Waals surface area contributed by atoms with E-state index in [-0.39, 0.29) is 23.1 Å². The van der Waals surface area contributed by atoms with Crippen molar-refractivity contribution in [3.05, 3.63) is 80.1 Å². The van der Waals surface area contributed by atoms with E-state index in [9.17, 15) is 9.59 Å². The van der Waals surface area contributed by atoms with Crippen molar-refractivity contribution < 1.29 is 29.3 Å². The number of hydrogen-bond donors (Lipinski definition) is 4. The quantitative estimate of drug-likeness (QED) is 0.312. The first-order valence-electron chi connectivity index (χ1n) is 11.2. The molecule has 1 aliphatic heterocycles. The summed E-state index contributed by atoms with van der Waals surface area (Å²) in [5.74, 6) is -2.00. The number of nitrogens with two attached hydrogens (primary N) is 1. The second-order valence-corrected chi connectivity index (χ2v) is 8.64. The summed E-state index contributed by atoms with van der Waals surface area (Å²) in [4.78, 5) is 25.0. The Morgan fingerprint density at radius 3 is 2.22 bits per heavy atom. The van der Waals surface area contributed by atoms with E-state index in [4.69, 9.17) is 48.6 Å². The standard InChI is InChI=1S/C18H19Cl2NO4.C8H11NO2/c1-5-25-18(23)14-10(3)21-9(2)13(17(22)24-4)15(14)11-7-6-8-12(19)16(11)20;9-4-3-6-1-2-7(10)8(11)5-6/h6-8,15,21H,5H2,1-4H3;1-2,5,10-11H,3-4,9H2. The fourth-order valence-electron chi connectivity index (χ4n) is 3.80. The molecule has 0 spiro atoms. The van der Waals surface area contributed by atoms with Gasteiger partial charge in [-0.25, -0.2) is 9.59 Å². The number of dihydropyridines is 1.